The van der Waals surface area contributed by atoms with Crippen molar-refractivity contribution in [2.75, 3.05) is 13.2 Å². The van der Waals surface area contributed by atoms with Crippen molar-refractivity contribution in [1.82, 2.24) is 0 Å². The van der Waals surface area contributed by atoms with Gasteiger partial charge in [-0.25, -0.2) is 0 Å². The molecule has 0 amide bonds. The van der Waals surface area contributed by atoms with Gasteiger partial charge in [-0.1, -0.05) is 0 Å². The van der Waals surface area contributed by atoms with Crippen molar-refractivity contribution < 1.29 is 14.8 Å². The molecule has 0 fully saturated rings. The molecule has 0 aromatic rings. The molecule has 0 radical (unpaired) electrons. The van der Waals surface area contributed by atoms with Gasteiger partial charge in [-0.05, 0) is 13.8 Å². The summed E-state index contributed by atoms with van der Waals surface area (Å²) in [5, 5.41) is 8.63. The van der Waals surface area contributed by atoms with Crippen LogP contribution in [0.15, 0.2) is 0 Å². The lowest BCUT2D eigenvalue weighted by molar-refractivity contribution is -0.474. The molecule has 0 aliphatic carbocycles. The van der Waals surface area contributed by atoms with E-state index in [9.17, 15) is 0 Å². The van der Waals surface area contributed by atoms with Crippen LogP contribution in [0.2, 0.25) is 0 Å². The predicted octanol–water partition coefficient (Wildman–Crippen LogP) is -0.963. The van der Waals surface area contributed by atoms with Crippen LogP contribution >= 0.6 is 0 Å². The maximum atomic E-state index is 8.63. The summed E-state index contributed by atoms with van der Waals surface area (Å²) < 4.78 is 4.64. The quantitative estimate of drug-likeness (QED) is 0.362. The summed E-state index contributed by atoms with van der Waals surface area (Å²) in [6.45, 7) is 4.88. The molecule has 0 heterocycles. The average molecular weight is 118 g/mol. The summed E-state index contributed by atoms with van der Waals surface area (Å²) in [7, 11) is 0. The molecule has 0 rings (SSSR count). The summed E-state index contributed by atoms with van der Waals surface area (Å²) in [5.41, 5.74) is 0. The normalized spacial score (nSPS) is 11.5. The van der Waals surface area contributed by atoms with Crippen molar-refractivity contribution in [3.05, 3.63) is 0 Å². The minimum Gasteiger partial charge on any atom is -0.430 e. The third-order valence-electron chi connectivity index (χ3n) is 0.609. The monoisotopic (exact) mass is 118 g/mol. The Bertz CT molecular complexity index is 80.5. The van der Waals surface area contributed by atoms with Crippen molar-refractivity contribution >= 4 is 6.08 Å². The molecule has 0 aliphatic heterocycles. The fraction of sp³-hybridized carbons (Fsp3) is 0.800. The van der Waals surface area contributed by atoms with E-state index in [0.29, 0.717) is 13.2 Å². The summed E-state index contributed by atoms with van der Waals surface area (Å²) >= 11 is 0. The summed E-state index contributed by atoms with van der Waals surface area (Å²) in [5.74, 6) is 0. The maximum absolute atomic E-state index is 8.63. The van der Waals surface area contributed by atoms with Crippen LogP contribution in [-0.4, -0.2) is 24.3 Å². The van der Waals surface area contributed by atoms with Gasteiger partial charge in [0.2, 0.25) is 0 Å². The molecule has 48 valence electrons. The third-order valence-corrected chi connectivity index (χ3v) is 0.609. The molecular weight excluding hydrogens is 106 g/mol. The molecular formula is C5H12NO2+. The third kappa shape index (κ3) is 3.46. The topological polar surface area (TPSA) is 43.4 Å². The number of hydrogen-bond donors (Lipinski definition) is 2. The first kappa shape index (κ1) is 7.27. The highest BCUT2D eigenvalue weighted by atomic mass is 16.6. The van der Waals surface area contributed by atoms with E-state index in [-0.39, 0.29) is 6.08 Å². The Morgan fingerprint density at radius 1 is 1.62 bits per heavy atom. The van der Waals surface area contributed by atoms with Crippen LogP contribution < -0.4 is 4.99 Å². The molecule has 0 spiro atoms. The van der Waals surface area contributed by atoms with E-state index in [1.165, 1.54) is 0 Å². The lowest BCUT2D eigenvalue weighted by Gasteiger charge is -1.89. The fourth-order valence-electron chi connectivity index (χ4n) is 0.339. The van der Waals surface area contributed by atoms with Gasteiger partial charge in [0.15, 0.2) is 0 Å². The minimum atomic E-state index is -0.0880. The molecule has 0 aromatic heterocycles. The van der Waals surface area contributed by atoms with Crippen molar-refractivity contribution in [1.29, 1.82) is 0 Å². The second-order valence-corrected chi connectivity index (χ2v) is 1.27. The van der Waals surface area contributed by atoms with Crippen LogP contribution in [0.25, 0.3) is 0 Å². The molecule has 0 unspecified atom stereocenters. The Kier molecular flexibility index (Phi) is 4.03. The number of nitrogens with one attached hydrogen (secondary N) is 1. The van der Waals surface area contributed by atoms with Gasteiger partial charge < -0.3 is 9.84 Å². The summed E-state index contributed by atoms with van der Waals surface area (Å²) in [6.07, 6.45) is -0.0880. The first-order valence-corrected chi connectivity index (χ1v) is 2.73. The average Bonchev–Trinajstić information content (AvgIpc) is 1.68. The van der Waals surface area contributed by atoms with E-state index in [1.54, 1.807) is 0 Å². The summed E-state index contributed by atoms with van der Waals surface area (Å²) in [6, 6.07) is 0. The van der Waals surface area contributed by atoms with Crippen LogP contribution in [0.1, 0.15) is 13.8 Å². The Morgan fingerprint density at radius 3 is 2.62 bits per heavy atom. The van der Waals surface area contributed by atoms with Crippen molar-refractivity contribution in [2.24, 2.45) is 0 Å². The molecule has 3 heteroatoms. The van der Waals surface area contributed by atoms with E-state index in [1.807, 2.05) is 13.8 Å². The number of rotatable bonds is 2. The number of aliphatic hydroxyl groups is 1. The van der Waals surface area contributed by atoms with Crippen molar-refractivity contribution in [3.63, 3.8) is 0 Å². The molecule has 0 aliphatic rings. The smallest absolute Gasteiger partial charge is 0.430 e. The molecule has 8 heavy (non-hydrogen) atoms. The molecule has 0 saturated heterocycles. The lowest BCUT2D eigenvalue weighted by atomic mass is 10.8. The zero-order valence-electron chi connectivity index (χ0n) is 5.27. The van der Waals surface area contributed by atoms with Gasteiger partial charge in [0.25, 0.3) is 0 Å². The van der Waals surface area contributed by atoms with Gasteiger partial charge in [0, 0.05) is 0 Å². The Morgan fingerprint density at radius 2 is 2.25 bits per heavy atom. The number of aliphatic hydroxyl groups excluding tert-OH is 1. The van der Waals surface area contributed by atoms with Gasteiger partial charge in [0.05, 0.1) is 6.61 Å². The van der Waals surface area contributed by atoms with Gasteiger partial charge in [-0.3, -0.25) is 0 Å². The van der Waals surface area contributed by atoms with E-state index in [2.05, 4.69) is 9.73 Å². The second kappa shape index (κ2) is 4.43. The van der Waals surface area contributed by atoms with Crippen LogP contribution in [-0.2, 0) is 4.74 Å². The Hall–Kier alpha value is -0.730. The van der Waals surface area contributed by atoms with E-state index < -0.39 is 0 Å². The van der Waals surface area contributed by atoms with Crippen LogP contribution in [0.3, 0.4) is 0 Å². The molecule has 3 nitrogen and oxygen atoms in total. The number of ether oxygens (including phenoxy) is 1. The molecule has 0 saturated carbocycles. The van der Waals surface area contributed by atoms with E-state index in [0.717, 1.165) is 0 Å². The number of hydrogen-bond acceptors (Lipinski definition) is 1. The molecule has 2 N–H and O–H groups in total. The Labute approximate surface area is 49.0 Å². The lowest BCUT2D eigenvalue weighted by Crippen LogP contribution is -2.73. The maximum Gasteiger partial charge on any atom is 0.544 e. The second-order valence-electron chi connectivity index (χ2n) is 1.27. The van der Waals surface area contributed by atoms with E-state index in [4.69, 9.17) is 5.11 Å². The highest BCUT2D eigenvalue weighted by Crippen LogP contribution is 1.63. The summed E-state index contributed by atoms with van der Waals surface area (Å²) in [4.78, 5) is 2.60. The highest BCUT2D eigenvalue weighted by molar-refractivity contribution is 5.56. The first-order valence-electron chi connectivity index (χ1n) is 2.73. The Balaban J connectivity index is 3.29. The minimum absolute atomic E-state index is 0.0880. The van der Waals surface area contributed by atoms with Gasteiger partial charge in [-0.2, -0.15) is 4.99 Å². The van der Waals surface area contributed by atoms with Gasteiger partial charge >= 0.3 is 6.08 Å². The molecule has 0 bridgehead atoms. The van der Waals surface area contributed by atoms with E-state index >= 15 is 0 Å². The largest absolute Gasteiger partial charge is 0.544 e. The fourth-order valence-corrected chi connectivity index (χ4v) is 0.339. The SMILES string of the molecule is CC[NH+]=C(O)OCC. The molecule has 0 aromatic carbocycles. The molecule has 0 atom stereocenters. The van der Waals surface area contributed by atoms with Crippen molar-refractivity contribution in [3.8, 4) is 0 Å². The van der Waals surface area contributed by atoms with Gasteiger partial charge in [-0.15, -0.1) is 0 Å². The zero-order valence-corrected chi connectivity index (χ0v) is 5.27. The highest BCUT2D eigenvalue weighted by Gasteiger charge is 1.95. The van der Waals surface area contributed by atoms with Crippen molar-refractivity contribution in [2.45, 2.75) is 13.8 Å². The first-order chi connectivity index (χ1) is 3.81. The van der Waals surface area contributed by atoms with Crippen LogP contribution in [0.5, 0.6) is 0 Å². The van der Waals surface area contributed by atoms with Crippen LogP contribution in [0, 0.1) is 0 Å². The standard InChI is InChI=1S/C5H11NO2/c1-3-6-5(7)8-4-2/h3-4H2,1-2H3,(H,6,7)/p+1. The zero-order chi connectivity index (χ0) is 6.41. The predicted molar refractivity (Wildman–Crippen MR) is 30.8 cm³/mol. The van der Waals surface area contributed by atoms with Gasteiger partial charge in [0.1, 0.15) is 6.54 Å². The van der Waals surface area contributed by atoms with Crippen LogP contribution in [0.4, 0.5) is 0 Å².